The van der Waals surface area contributed by atoms with E-state index in [9.17, 15) is 0 Å². The van der Waals surface area contributed by atoms with E-state index in [4.69, 9.17) is 5.73 Å². The van der Waals surface area contributed by atoms with Crippen LogP contribution in [0, 0.1) is 11.8 Å². The third kappa shape index (κ3) is 3.96. The zero-order chi connectivity index (χ0) is 12.9. The summed E-state index contributed by atoms with van der Waals surface area (Å²) in [6, 6.07) is 0. The highest BCUT2D eigenvalue weighted by atomic mass is 15.2. The molecule has 102 valence electrons. The van der Waals surface area contributed by atoms with Crippen LogP contribution in [0.25, 0.3) is 0 Å². The molecule has 0 unspecified atom stereocenters. The van der Waals surface area contributed by atoms with Crippen LogP contribution in [0.15, 0.2) is 0 Å². The van der Waals surface area contributed by atoms with Gasteiger partial charge in [0.25, 0.3) is 0 Å². The third-order valence-electron chi connectivity index (χ3n) is 4.61. The average Bonchev–Trinajstić information content (AvgIpc) is 2.32. The predicted octanol–water partition coefficient (Wildman–Crippen LogP) is 3.26. The topological polar surface area (TPSA) is 29.3 Å². The van der Waals surface area contributed by atoms with E-state index >= 15 is 0 Å². The monoisotopic (exact) mass is 240 g/mol. The summed E-state index contributed by atoms with van der Waals surface area (Å²) in [5.41, 5.74) is 6.44. The van der Waals surface area contributed by atoms with Crippen molar-refractivity contribution < 1.29 is 0 Å². The number of nitrogens with zero attached hydrogens (tertiary/aromatic N) is 1. The Morgan fingerprint density at radius 3 is 2.29 bits per heavy atom. The standard InChI is InChI=1S/C15H32N2/c1-5-17(11-8-13(2)3)15(12-16)9-6-14(4)7-10-15/h13-14H,5-12,16H2,1-4H3. The van der Waals surface area contributed by atoms with Crippen molar-refractivity contribution in [1.29, 1.82) is 0 Å². The van der Waals surface area contributed by atoms with Crippen molar-refractivity contribution in [3.8, 4) is 0 Å². The first-order valence-corrected chi connectivity index (χ1v) is 7.49. The molecule has 0 aromatic rings. The Morgan fingerprint density at radius 1 is 1.29 bits per heavy atom. The van der Waals surface area contributed by atoms with Crippen molar-refractivity contribution in [2.75, 3.05) is 19.6 Å². The molecular formula is C15H32N2. The lowest BCUT2D eigenvalue weighted by Gasteiger charge is -2.47. The van der Waals surface area contributed by atoms with Gasteiger partial charge in [0.1, 0.15) is 0 Å². The smallest absolute Gasteiger partial charge is 0.0331 e. The predicted molar refractivity (Wildman–Crippen MR) is 76.1 cm³/mol. The molecule has 0 radical (unpaired) electrons. The summed E-state index contributed by atoms with van der Waals surface area (Å²) in [6.07, 6.45) is 6.61. The van der Waals surface area contributed by atoms with Crippen LogP contribution in [0.5, 0.6) is 0 Å². The van der Waals surface area contributed by atoms with Gasteiger partial charge in [-0.25, -0.2) is 0 Å². The Labute approximate surface area is 108 Å². The molecule has 0 aliphatic heterocycles. The van der Waals surface area contributed by atoms with E-state index in [0.29, 0.717) is 5.54 Å². The molecule has 0 heterocycles. The minimum Gasteiger partial charge on any atom is -0.329 e. The van der Waals surface area contributed by atoms with Gasteiger partial charge in [-0.1, -0.05) is 27.7 Å². The van der Waals surface area contributed by atoms with E-state index in [2.05, 4.69) is 32.6 Å². The Morgan fingerprint density at radius 2 is 1.88 bits per heavy atom. The Bertz CT molecular complexity index is 205. The minimum atomic E-state index is 0.316. The molecule has 1 fully saturated rings. The van der Waals surface area contributed by atoms with Gasteiger partial charge in [0.15, 0.2) is 0 Å². The van der Waals surface area contributed by atoms with Crippen LogP contribution in [0.1, 0.15) is 59.8 Å². The second-order valence-corrected chi connectivity index (χ2v) is 6.37. The molecule has 1 aliphatic carbocycles. The SMILES string of the molecule is CCN(CCC(C)C)C1(CN)CCC(C)CC1. The maximum Gasteiger partial charge on any atom is 0.0331 e. The first-order valence-electron chi connectivity index (χ1n) is 7.49. The Balaban J connectivity index is 2.61. The van der Waals surface area contributed by atoms with Crippen LogP contribution in [0.2, 0.25) is 0 Å². The summed E-state index contributed by atoms with van der Waals surface area (Å²) >= 11 is 0. The van der Waals surface area contributed by atoms with Crippen molar-refractivity contribution in [3.63, 3.8) is 0 Å². The van der Waals surface area contributed by atoms with Crippen LogP contribution >= 0.6 is 0 Å². The minimum absolute atomic E-state index is 0.316. The van der Waals surface area contributed by atoms with Crippen molar-refractivity contribution in [2.45, 2.75) is 65.3 Å². The maximum atomic E-state index is 6.12. The van der Waals surface area contributed by atoms with Crippen molar-refractivity contribution in [1.82, 2.24) is 4.90 Å². The van der Waals surface area contributed by atoms with Gasteiger partial charge >= 0.3 is 0 Å². The molecule has 0 atom stereocenters. The molecule has 0 amide bonds. The Kier molecular flexibility index (Phi) is 5.94. The van der Waals surface area contributed by atoms with Crippen LogP contribution < -0.4 is 5.73 Å². The van der Waals surface area contributed by atoms with E-state index in [1.807, 2.05) is 0 Å². The van der Waals surface area contributed by atoms with Crippen molar-refractivity contribution >= 4 is 0 Å². The van der Waals surface area contributed by atoms with Gasteiger partial charge in [-0.15, -0.1) is 0 Å². The summed E-state index contributed by atoms with van der Waals surface area (Å²) < 4.78 is 0. The lowest BCUT2D eigenvalue weighted by Crippen LogP contribution is -2.56. The highest BCUT2D eigenvalue weighted by Gasteiger charge is 2.37. The summed E-state index contributed by atoms with van der Waals surface area (Å²) in [4.78, 5) is 2.67. The second-order valence-electron chi connectivity index (χ2n) is 6.37. The number of hydrogen-bond donors (Lipinski definition) is 1. The molecule has 2 N–H and O–H groups in total. The fourth-order valence-electron chi connectivity index (χ4n) is 3.09. The molecule has 2 nitrogen and oxygen atoms in total. The van der Waals surface area contributed by atoms with Crippen LogP contribution in [0.3, 0.4) is 0 Å². The first kappa shape index (κ1) is 15.0. The highest BCUT2D eigenvalue weighted by molar-refractivity contribution is 4.95. The zero-order valence-electron chi connectivity index (χ0n) is 12.3. The summed E-state index contributed by atoms with van der Waals surface area (Å²) in [7, 11) is 0. The normalized spacial score (nSPS) is 30.2. The molecular weight excluding hydrogens is 208 g/mol. The fraction of sp³-hybridized carbons (Fsp3) is 1.00. The van der Waals surface area contributed by atoms with Crippen molar-refractivity contribution in [3.05, 3.63) is 0 Å². The number of likely N-dealkylation sites (N-methyl/N-ethyl adjacent to an activating group) is 1. The van der Waals surface area contributed by atoms with Gasteiger partial charge in [0.2, 0.25) is 0 Å². The molecule has 0 saturated heterocycles. The third-order valence-corrected chi connectivity index (χ3v) is 4.61. The van der Waals surface area contributed by atoms with E-state index in [-0.39, 0.29) is 0 Å². The summed E-state index contributed by atoms with van der Waals surface area (Å²) in [5, 5.41) is 0. The molecule has 0 aromatic heterocycles. The lowest BCUT2D eigenvalue weighted by atomic mass is 9.76. The maximum absolute atomic E-state index is 6.12. The van der Waals surface area contributed by atoms with Gasteiger partial charge < -0.3 is 5.73 Å². The Hall–Kier alpha value is -0.0800. The van der Waals surface area contributed by atoms with E-state index < -0.39 is 0 Å². The largest absolute Gasteiger partial charge is 0.329 e. The molecule has 0 aromatic carbocycles. The molecule has 0 spiro atoms. The number of nitrogens with two attached hydrogens (primary N) is 1. The summed E-state index contributed by atoms with van der Waals surface area (Å²) in [6.45, 7) is 12.5. The lowest BCUT2D eigenvalue weighted by molar-refractivity contribution is 0.0454. The average molecular weight is 240 g/mol. The quantitative estimate of drug-likeness (QED) is 0.772. The van der Waals surface area contributed by atoms with E-state index in [1.165, 1.54) is 38.6 Å². The highest BCUT2D eigenvalue weighted by Crippen LogP contribution is 2.35. The van der Waals surface area contributed by atoms with Gasteiger partial charge in [0.05, 0.1) is 0 Å². The number of hydrogen-bond acceptors (Lipinski definition) is 2. The van der Waals surface area contributed by atoms with Crippen LogP contribution in [0.4, 0.5) is 0 Å². The van der Waals surface area contributed by atoms with Crippen LogP contribution in [-0.2, 0) is 0 Å². The molecule has 0 bridgehead atoms. The van der Waals surface area contributed by atoms with Gasteiger partial charge in [-0.05, 0) is 57.0 Å². The number of rotatable bonds is 6. The molecule has 1 aliphatic rings. The van der Waals surface area contributed by atoms with Gasteiger partial charge in [0, 0.05) is 12.1 Å². The van der Waals surface area contributed by atoms with Crippen molar-refractivity contribution in [2.24, 2.45) is 17.6 Å². The molecule has 17 heavy (non-hydrogen) atoms. The zero-order valence-corrected chi connectivity index (χ0v) is 12.3. The van der Waals surface area contributed by atoms with Crippen LogP contribution in [-0.4, -0.2) is 30.1 Å². The van der Waals surface area contributed by atoms with Gasteiger partial charge in [-0.3, -0.25) is 4.90 Å². The second kappa shape index (κ2) is 6.75. The van der Waals surface area contributed by atoms with E-state index in [0.717, 1.165) is 24.9 Å². The fourth-order valence-corrected chi connectivity index (χ4v) is 3.09. The molecule has 2 heteroatoms. The van der Waals surface area contributed by atoms with Gasteiger partial charge in [-0.2, -0.15) is 0 Å². The molecule has 1 rings (SSSR count). The summed E-state index contributed by atoms with van der Waals surface area (Å²) in [5.74, 6) is 1.69. The van der Waals surface area contributed by atoms with E-state index in [1.54, 1.807) is 0 Å². The first-order chi connectivity index (χ1) is 8.04. The molecule has 1 saturated carbocycles.